The van der Waals surface area contributed by atoms with Crippen molar-refractivity contribution in [1.29, 1.82) is 10.8 Å². The molecule has 1 aromatic carbocycles. The van der Waals surface area contributed by atoms with E-state index in [9.17, 15) is 5.11 Å². The van der Waals surface area contributed by atoms with Gasteiger partial charge in [0.25, 0.3) is 0 Å². The Morgan fingerprint density at radius 2 is 1.90 bits per heavy atom. The first-order valence-corrected chi connectivity index (χ1v) is 11.4. The number of thioether (sulfide) groups is 1. The normalized spacial score (nSPS) is 22.6. The zero-order valence-corrected chi connectivity index (χ0v) is 18.8. The zero-order chi connectivity index (χ0) is 21.8. The van der Waals surface area contributed by atoms with Gasteiger partial charge in [-0.25, -0.2) is 0 Å². The Hall–Kier alpha value is -2.18. The summed E-state index contributed by atoms with van der Waals surface area (Å²) in [5, 5.41) is 23.8. The highest BCUT2D eigenvalue weighted by Gasteiger charge is 2.46. The lowest BCUT2D eigenvalue weighted by molar-refractivity contribution is 0.257. The fourth-order valence-electron chi connectivity index (χ4n) is 4.07. The lowest BCUT2D eigenvalue weighted by atomic mass is 9.93. The number of amidine groups is 1. The number of benzene rings is 1. The Kier molecular flexibility index (Phi) is 6.98. The highest BCUT2D eigenvalue weighted by Crippen LogP contribution is 2.49. The average Bonchev–Trinajstić information content (AvgIpc) is 3.56. The van der Waals surface area contributed by atoms with Gasteiger partial charge in [0.2, 0.25) is 0 Å². The molecule has 30 heavy (non-hydrogen) atoms. The van der Waals surface area contributed by atoms with Crippen molar-refractivity contribution in [1.82, 2.24) is 9.88 Å². The number of hydrogen-bond acceptors (Lipinski definition) is 5. The van der Waals surface area contributed by atoms with Crippen molar-refractivity contribution in [2.24, 2.45) is 0 Å². The van der Waals surface area contributed by atoms with Gasteiger partial charge in [0.1, 0.15) is 0 Å². The minimum absolute atomic E-state index is 0.132. The Bertz CT molecular complexity index is 881. The second-order valence-electron chi connectivity index (χ2n) is 8.58. The maximum Gasteiger partial charge on any atom is 0.0973 e. The summed E-state index contributed by atoms with van der Waals surface area (Å²) < 4.78 is -0.217. The average molecular weight is 425 g/mol. The monoisotopic (exact) mass is 424 g/mol. The maximum absolute atomic E-state index is 9.70. The smallest absolute Gasteiger partial charge is 0.0973 e. The molecule has 1 aliphatic carbocycles. The van der Waals surface area contributed by atoms with Crippen molar-refractivity contribution in [3.8, 4) is 11.3 Å². The van der Waals surface area contributed by atoms with Crippen LogP contribution in [0.4, 0.5) is 0 Å². The first-order chi connectivity index (χ1) is 14.4. The number of pyridine rings is 1. The summed E-state index contributed by atoms with van der Waals surface area (Å²) in [5.74, 6) is 1.64. The molecule has 3 N–H and O–H groups in total. The third kappa shape index (κ3) is 4.93. The lowest BCUT2D eigenvalue weighted by Crippen LogP contribution is -2.39. The fourth-order valence-corrected chi connectivity index (χ4v) is 5.21. The first kappa shape index (κ1) is 22.5. The fraction of sp³-hybridized carbons (Fsp3) is 0.458. The molecule has 160 valence electrons. The van der Waals surface area contributed by atoms with Gasteiger partial charge in [-0.3, -0.25) is 10.4 Å². The Morgan fingerprint density at radius 3 is 2.50 bits per heavy atom. The first-order valence-electron chi connectivity index (χ1n) is 10.4. The molecule has 2 aliphatic rings. The van der Waals surface area contributed by atoms with Crippen LogP contribution in [0.15, 0.2) is 42.6 Å². The number of aryl methyl sites for hydroxylation is 1. The van der Waals surface area contributed by atoms with E-state index in [1.54, 1.807) is 11.8 Å². The summed E-state index contributed by atoms with van der Waals surface area (Å²) in [6.07, 6.45) is 4.87. The molecule has 6 heteroatoms. The van der Waals surface area contributed by atoms with E-state index in [2.05, 4.69) is 60.8 Å². The Morgan fingerprint density at radius 1 is 1.20 bits per heavy atom. The van der Waals surface area contributed by atoms with Crippen molar-refractivity contribution in [2.75, 3.05) is 25.4 Å². The van der Waals surface area contributed by atoms with Crippen LogP contribution in [-0.2, 0) is 5.41 Å². The van der Waals surface area contributed by atoms with Crippen LogP contribution in [-0.4, -0.2) is 57.7 Å². The van der Waals surface area contributed by atoms with Crippen LogP contribution in [0.2, 0.25) is 0 Å². The van der Waals surface area contributed by atoms with Crippen LogP contribution >= 0.6 is 11.8 Å². The largest absolute Gasteiger partial charge is 0.395 e. The molecule has 2 fully saturated rings. The van der Waals surface area contributed by atoms with E-state index in [0.29, 0.717) is 12.3 Å². The molecule has 5 nitrogen and oxygen atoms in total. The van der Waals surface area contributed by atoms with E-state index in [-0.39, 0.29) is 16.8 Å². The van der Waals surface area contributed by atoms with Crippen molar-refractivity contribution in [2.45, 2.75) is 43.3 Å². The molecular formula is C24H32N4OS. The lowest BCUT2D eigenvalue weighted by Gasteiger charge is -2.30. The molecule has 2 aromatic rings. The summed E-state index contributed by atoms with van der Waals surface area (Å²) in [4.78, 5) is 6.74. The Balaban J connectivity index is 0.00000124. The van der Waals surface area contributed by atoms with Gasteiger partial charge in [-0.05, 0) is 56.7 Å². The van der Waals surface area contributed by atoms with E-state index in [0.717, 1.165) is 30.1 Å². The zero-order valence-electron chi connectivity index (χ0n) is 17.9. The van der Waals surface area contributed by atoms with Crippen LogP contribution in [0.1, 0.15) is 37.3 Å². The summed E-state index contributed by atoms with van der Waals surface area (Å²) >= 11 is 1.80. The molecule has 1 unspecified atom stereocenters. The molecule has 1 saturated carbocycles. The highest BCUT2D eigenvalue weighted by molar-refractivity contribution is 8.00. The number of aliphatic hydroxyl groups excluding tert-OH is 1. The van der Waals surface area contributed by atoms with Gasteiger partial charge in [0.15, 0.2) is 0 Å². The second-order valence-corrected chi connectivity index (χ2v) is 10.3. The molecule has 1 aliphatic heterocycles. The van der Waals surface area contributed by atoms with E-state index in [1.807, 2.05) is 12.3 Å². The summed E-state index contributed by atoms with van der Waals surface area (Å²) in [6.45, 7) is 8.60. The third-order valence-corrected chi connectivity index (χ3v) is 7.48. The predicted octanol–water partition coefficient (Wildman–Crippen LogP) is 4.52. The quantitative estimate of drug-likeness (QED) is 0.616. The van der Waals surface area contributed by atoms with Gasteiger partial charge in [-0.1, -0.05) is 24.3 Å². The predicted molar refractivity (Wildman–Crippen MR) is 127 cm³/mol. The number of aliphatic hydroxyl groups is 1. The number of nitrogens with one attached hydrogen (secondary N) is 2. The molecule has 1 atom stereocenters. The summed E-state index contributed by atoms with van der Waals surface area (Å²) in [6, 6.07) is 13.0. The van der Waals surface area contributed by atoms with E-state index < -0.39 is 0 Å². The van der Waals surface area contributed by atoms with Crippen molar-refractivity contribution in [3.63, 3.8) is 0 Å². The van der Waals surface area contributed by atoms with Crippen molar-refractivity contribution in [3.05, 3.63) is 53.7 Å². The highest BCUT2D eigenvalue weighted by atomic mass is 32.2. The molecule has 1 aromatic heterocycles. The second kappa shape index (κ2) is 9.31. The van der Waals surface area contributed by atoms with Crippen molar-refractivity contribution >= 4 is 24.3 Å². The molecule has 0 amide bonds. The number of hydrogen-bond donors (Lipinski definition) is 3. The molecule has 0 bridgehead atoms. The molecule has 0 spiro atoms. The van der Waals surface area contributed by atoms with Gasteiger partial charge < -0.3 is 15.4 Å². The molecule has 1 saturated heterocycles. The van der Waals surface area contributed by atoms with Crippen LogP contribution in [0.5, 0.6) is 0 Å². The van der Waals surface area contributed by atoms with Gasteiger partial charge in [-0.2, -0.15) is 11.8 Å². The molecule has 2 heterocycles. The van der Waals surface area contributed by atoms with Gasteiger partial charge in [0.05, 0.1) is 18.1 Å². The molecule has 4 rings (SSSR count). The van der Waals surface area contributed by atoms with Crippen LogP contribution < -0.4 is 0 Å². The van der Waals surface area contributed by atoms with E-state index >= 15 is 0 Å². The number of aromatic nitrogens is 1. The summed E-state index contributed by atoms with van der Waals surface area (Å²) in [7, 11) is 0. The minimum atomic E-state index is -0.217. The maximum atomic E-state index is 9.70. The third-order valence-electron chi connectivity index (χ3n) is 6.12. The standard InChI is InChI=1S/C23H29N3OS.CH3N/c1-17-7-10-25-20(13-17)18-3-5-19(6-4-18)23(8-9-23)15-26-11-12-28-22(2,16-27)14-21(26)24;1-2/h3-7,10,13,24,27H,8-9,11-12,14-16H2,1-2H3;2H,1H2. The topological polar surface area (TPSA) is 84.1 Å². The Labute approximate surface area is 183 Å². The molecular weight excluding hydrogens is 392 g/mol. The van der Waals surface area contributed by atoms with Gasteiger partial charge in [-0.15, -0.1) is 0 Å². The van der Waals surface area contributed by atoms with Gasteiger partial charge >= 0.3 is 0 Å². The van der Waals surface area contributed by atoms with E-state index in [4.69, 9.17) is 10.8 Å². The SMILES string of the molecule is C=N.Cc1ccnc(-c2ccc(C3(CN4CCSC(C)(CO)CC4=N)CC3)cc2)c1. The summed E-state index contributed by atoms with van der Waals surface area (Å²) in [5.41, 5.74) is 4.95. The van der Waals surface area contributed by atoms with Gasteiger partial charge in [0, 0.05) is 47.2 Å². The van der Waals surface area contributed by atoms with Crippen LogP contribution in [0, 0.1) is 17.7 Å². The van der Waals surface area contributed by atoms with Crippen molar-refractivity contribution < 1.29 is 5.11 Å². The number of rotatable bonds is 5. The van der Waals surface area contributed by atoms with E-state index in [1.165, 1.54) is 24.0 Å². The van der Waals surface area contributed by atoms with Crippen LogP contribution in [0.25, 0.3) is 11.3 Å². The van der Waals surface area contributed by atoms with Crippen LogP contribution in [0.3, 0.4) is 0 Å². The molecule has 0 radical (unpaired) electrons. The number of nitrogens with zero attached hydrogens (tertiary/aromatic N) is 2. The minimum Gasteiger partial charge on any atom is -0.395 e.